The fourth-order valence-corrected chi connectivity index (χ4v) is 2.73. The number of likely N-dealkylation sites (tertiary alicyclic amines) is 1. The number of carbonyl (C=O) groups excluding carboxylic acids is 2. The first-order valence-corrected chi connectivity index (χ1v) is 7.55. The molecule has 2 rings (SSSR count). The minimum Gasteiger partial charge on any atom is -0.493 e. The van der Waals surface area contributed by atoms with E-state index in [0.717, 1.165) is 12.0 Å². The number of hydrogen-bond acceptors (Lipinski definition) is 4. The number of nitrogens with one attached hydrogen (secondary N) is 2. The van der Waals surface area contributed by atoms with Crippen molar-refractivity contribution in [3.05, 3.63) is 23.8 Å². The van der Waals surface area contributed by atoms with Crippen molar-refractivity contribution in [2.24, 2.45) is 0 Å². The van der Waals surface area contributed by atoms with Gasteiger partial charge in [0.1, 0.15) is 0 Å². The summed E-state index contributed by atoms with van der Waals surface area (Å²) >= 11 is 0. The highest BCUT2D eigenvalue weighted by Gasteiger charge is 2.26. The van der Waals surface area contributed by atoms with Gasteiger partial charge in [0.2, 0.25) is 5.91 Å². The lowest BCUT2D eigenvalue weighted by atomic mass is 10.2. The van der Waals surface area contributed by atoms with Gasteiger partial charge in [-0.25, -0.2) is 4.79 Å². The van der Waals surface area contributed by atoms with E-state index in [4.69, 9.17) is 9.47 Å². The number of rotatable bonds is 5. The van der Waals surface area contributed by atoms with Crippen molar-refractivity contribution in [3.8, 4) is 11.5 Å². The number of urea groups is 1. The van der Waals surface area contributed by atoms with Crippen LogP contribution in [0.4, 0.5) is 4.79 Å². The molecule has 7 heteroatoms. The van der Waals surface area contributed by atoms with Crippen molar-refractivity contribution in [2.45, 2.75) is 25.9 Å². The van der Waals surface area contributed by atoms with Crippen LogP contribution in [0.1, 0.15) is 18.9 Å². The lowest BCUT2D eigenvalue weighted by molar-refractivity contribution is -0.119. The molecule has 0 spiro atoms. The van der Waals surface area contributed by atoms with E-state index in [1.165, 1.54) is 6.92 Å². The van der Waals surface area contributed by atoms with Crippen LogP contribution in [0.2, 0.25) is 0 Å². The summed E-state index contributed by atoms with van der Waals surface area (Å²) in [5, 5.41) is 5.72. The van der Waals surface area contributed by atoms with Gasteiger partial charge in [-0.2, -0.15) is 0 Å². The third-order valence-electron chi connectivity index (χ3n) is 3.80. The Hall–Kier alpha value is -2.44. The average molecular weight is 321 g/mol. The van der Waals surface area contributed by atoms with Gasteiger partial charge in [-0.3, -0.25) is 4.79 Å². The molecule has 0 bridgehead atoms. The molecule has 1 atom stereocenters. The van der Waals surface area contributed by atoms with Gasteiger partial charge < -0.3 is 25.0 Å². The lowest BCUT2D eigenvalue weighted by Gasteiger charge is -2.18. The van der Waals surface area contributed by atoms with Crippen molar-refractivity contribution in [1.29, 1.82) is 0 Å². The highest BCUT2D eigenvalue weighted by molar-refractivity contribution is 5.76. The molecule has 1 heterocycles. The monoisotopic (exact) mass is 321 g/mol. The van der Waals surface area contributed by atoms with Crippen molar-refractivity contribution < 1.29 is 19.1 Å². The van der Waals surface area contributed by atoms with Gasteiger partial charge >= 0.3 is 6.03 Å². The molecule has 1 saturated heterocycles. The van der Waals surface area contributed by atoms with Crippen molar-refractivity contribution in [2.75, 3.05) is 27.3 Å². The van der Waals surface area contributed by atoms with Crippen LogP contribution in [0.15, 0.2) is 18.2 Å². The van der Waals surface area contributed by atoms with Crippen LogP contribution in [0.5, 0.6) is 11.5 Å². The quantitative estimate of drug-likeness (QED) is 0.852. The van der Waals surface area contributed by atoms with Gasteiger partial charge in [-0.15, -0.1) is 0 Å². The summed E-state index contributed by atoms with van der Waals surface area (Å²) in [6.45, 7) is 2.99. The van der Waals surface area contributed by atoms with Gasteiger partial charge in [0.05, 0.1) is 14.2 Å². The summed E-state index contributed by atoms with van der Waals surface area (Å²) in [5.41, 5.74) is 0.845. The topological polar surface area (TPSA) is 79.9 Å². The Morgan fingerprint density at radius 3 is 2.74 bits per heavy atom. The normalized spacial score (nSPS) is 16.8. The van der Waals surface area contributed by atoms with Gasteiger partial charge in [-0.1, -0.05) is 12.1 Å². The van der Waals surface area contributed by atoms with Crippen LogP contribution < -0.4 is 20.1 Å². The first-order valence-electron chi connectivity index (χ1n) is 7.55. The first kappa shape index (κ1) is 16.9. The Bertz CT molecular complexity index is 576. The fourth-order valence-electron chi connectivity index (χ4n) is 2.73. The summed E-state index contributed by atoms with van der Waals surface area (Å²) in [4.78, 5) is 25.0. The molecule has 1 aromatic rings. The number of nitrogens with zero attached hydrogens (tertiary/aromatic N) is 1. The molecule has 2 N–H and O–H groups in total. The maximum Gasteiger partial charge on any atom is 0.317 e. The predicted octanol–water partition coefficient (Wildman–Crippen LogP) is 1.12. The minimum absolute atomic E-state index is 0.0320. The molecule has 3 amide bonds. The summed E-state index contributed by atoms with van der Waals surface area (Å²) in [6.07, 6.45) is 0.773. The SMILES string of the molecule is COc1cccc(CNC(=O)N2CC[C@@H](NC(C)=O)C2)c1OC. The van der Waals surface area contributed by atoms with E-state index in [0.29, 0.717) is 31.1 Å². The maximum absolute atomic E-state index is 12.2. The number of amides is 3. The Kier molecular flexibility index (Phi) is 5.67. The third-order valence-corrected chi connectivity index (χ3v) is 3.80. The second kappa shape index (κ2) is 7.71. The van der Waals surface area contributed by atoms with Crippen LogP contribution in [0, 0.1) is 0 Å². The van der Waals surface area contributed by atoms with E-state index >= 15 is 0 Å². The molecule has 23 heavy (non-hydrogen) atoms. The zero-order chi connectivity index (χ0) is 16.8. The Balaban J connectivity index is 1.91. The highest BCUT2D eigenvalue weighted by Crippen LogP contribution is 2.30. The van der Waals surface area contributed by atoms with E-state index in [1.54, 1.807) is 19.1 Å². The van der Waals surface area contributed by atoms with Gasteiger partial charge in [0.15, 0.2) is 11.5 Å². The molecular weight excluding hydrogens is 298 g/mol. The van der Waals surface area contributed by atoms with Gasteiger partial charge in [-0.05, 0) is 12.5 Å². The number of benzene rings is 1. The minimum atomic E-state index is -0.150. The van der Waals surface area contributed by atoms with Crippen LogP contribution in [-0.2, 0) is 11.3 Å². The Morgan fingerprint density at radius 1 is 1.30 bits per heavy atom. The van der Waals surface area contributed by atoms with Gasteiger partial charge in [0, 0.05) is 38.2 Å². The van der Waals surface area contributed by atoms with E-state index in [1.807, 2.05) is 18.2 Å². The Morgan fingerprint density at radius 2 is 2.09 bits per heavy atom. The zero-order valence-electron chi connectivity index (χ0n) is 13.7. The molecule has 1 aliphatic rings. The standard InChI is InChI=1S/C16H23N3O4/c1-11(20)18-13-7-8-19(10-13)16(21)17-9-12-5-4-6-14(22-2)15(12)23-3/h4-6,13H,7-10H2,1-3H3,(H,17,21)(H,18,20)/t13-/m1/s1. The number of methoxy groups -OCH3 is 2. The van der Waals surface area contributed by atoms with E-state index < -0.39 is 0 Å². The fraction of sp³-hybridized carbons (Fsp3) is 0.500. The average Bonchev–Trinajstić information content (AvgIpc) is 2.99. The van der Waals surface area contributed by atoms with E-state index in [9.17, 15) is 9.59 Å². The molecule has 0 aromatic heterocycles. The van der Waals surface area contributed by atoms with Crippen LogP contribution in [-0.4, -0.2) is 50.2 Å². The van der Waals surface area contributed by atoms with Crippen LogP contribution in [0.3, 0.4) is 0 Å². The highest BCUT2D eigenvalue weighted by atomic mass is 16.5. The summed E-state index contributed by atoms with van der Waals surface area (Å²) in [6, 6.07) is 5.42. The smallest absolute Gasteiger partial charge is 0.317 e. The third kappa shape index (κ3) is 4.28. The summed E-state index contributed by atoms with van der Waals surface area (Å²) in [5.74, 6) is 1.18. The van der Waals surface area contributed by atoms with Crippen molar-refractivity contribution in [3.63, 3.8) is 0 Å². The second-order valence-electron chi connectivity index (χ2n) is 5.44. The molecule has 0 unspecified atom stereocenters. The number of carbonyl (C=O) groups is 2. The molecule has 0 radical (unpaired) electrons. The molecular formula is C16H23N3O4. The zero-order valence-corrected chi connectivity index (χ0v) is 13.7. The molecule has 1 aliphatic heterocycles. The molecule has 126 valence electrons. The van der Waals surface area contributed by atoms with Crippen molar-refractivity contribution in [1.82, 2.24) is 15.5 Å². The molecule has 0 aliphatic carbocycles. The summed E-state index contributed by atoms with van der Waals surface area (Å²) < 4.78 is 10.6. The number of ether oxygens (including phenoxy) is 2. The second-order valence-corrected chi connectivity index (χ2v) is 5.44. The van der Waals surface area contributed by atoms with E-state index in [-0.39, 0.29) is 18.0 Å². The van der Waals surface area contributed by atoms with Crippen LogP contribution >= 0.6 is 0 Å². The number of para-hydroxylation sites is 1. The van der Waals surface area contributed by atoms with Crippen LogP contribution in [0.25, 0.3) is 0 Å². The lowest BCUT2D eigenvalue weighted by Crippen LogP contribution is -2.41. The summed E-state index contributed by atoms with van der Waals surface area (Å²) in [7, 11) is 3.15. The molecule has 1 aromatic carbocycles. The molecule has 0 saturated carbocycles. The molecule has 1 fully saturated rings. The van der Waals surface area contributed by atoms with E-state index in [2.05, 4.69) is 10.6 Å². The first-order chi connectivity index (χ1) is 11.0. The largest absolute Gasteiger partial charge is 0.493 e. The van der Waals surface area contributed by atoms with Gasteiger partial charge in [0.25, 0.3) is 0 Å². The Labute approximate surface area is 135 Å². The van der Waals surface area contributed by atoms with Crippen molar-refractivity contribution >= 4 is 11.9 Å². The number of hydrogen-bond donors (Lipinski definition) is 2. The maximum atomic E-state index is 12.2. The predicted molar refractivity (Wildman–Crippen MR) is 85.6 cm³/mol. The molecule has 7 nitrogen and oxygen atoms in total.